The summed E-state index contributed by atoms with van der Waals surface area (Å²) in [5, 5.41) is 9.37. The molecule has 0 aliphatic heterocycles. The normalized spacial score (nSPS) is 37.7. The lowest BCUT2D eigenvalue weighted by Gasteiger charge is -2.42. The highest BCUT2D eigenvalue weighted by atomic mass is 16.3. The number of nitrogens with two attached hydrogens (primary N) is 1. The summed E-state index contributed by atoms with van der Waals surface area (Å²) in [4.78, 5) is 2.51. The highest BCUT2D eigenvalue weighted by Crippen LogP contribution is 2.37. The largest absolute Gasteiger partial charge is 0.394 e. The van der Waals surface area contributed by atoms with Crippen molar-refractivity contribution in [2.24, 2.45) is 11.7 Å². The van der Waals surface area contributed by atoms with Crippen LogP contribution in [0.3, 0.4) is 0 Å². The third-order valence-electron chi connectivity index (χ3n) is 4.69. The van der Waals surface area contributed by atoms with Crippen LogP contribution in [0.25, 0.3) is 0 Å². The van der Waals surface area contributed by atoms with Crippen LogP contribution in [0.2, 0.25) is 0 Å². The Kier molecular flexibility index (Phi) is 3.57. The van der Waals surface area contributed by atoms with E-state index in [2.05, 4.69) is 18.9 Å². The molecule has 0 spiro atoms. The predicted molar refractivity (Wildman–Crippen MR) is 66.2 cm³/mol. The Morgan fingerprint density at radius 3 is 2.69 bits per heavy atom. The zero-order chi connectivity index (χ0) is 11.8. The maximum absolute atomic E-state index is 9.37. The van der Waals surface area contributed by atoms with E-state index >= 15 is 0 Å². The van der Waals surface area contributed by atoms with Crippen LogP contribution in [0.1, 0.15) is 45.4 Å². The van der Waals surface area contributed by atoms with E-state index in [0.29, 0.717) is 12.1 Å². The van der Waals surface area contributed by atoms with Crippen LogP contribution in [-0.4, -0.2) is 41.3 Å². The summed E-state index contributed by atoms with van der Waals surface area (Å²) >= 11 is 0. The topological polar surface area (TPSA) is 49.5 Å². The second-order valence-electron chi connectivity index (χ2n) is 6.01. The van der Waals surface area contributed by atoms with E-state index in [1.54, 1.807) is 0 Å². The maximum Gasteiger partial charge on any atom is 0.0611 e. The van der Waals surface area contributed by atoms with Gasteiger partial charge < -0.3 is 15.7 Å². The van der Waals surface area contributed by atoms with Crippen molar-refractivity contribution in [2.75, 3.05) is 13.7 Å². The van der Waals surface area contributed by atoms with Crippen LogP contribution in [0.4, 0.5) is 0 Å². The SMILES string of the molecule is CC(C1CC1)N(C)C1CCCC(N)(CO)C1. The van der Waals surface area contributed by atoms with Crippen molar-refractivity contribution in [3.63, 3.8) is 0 Å². The molecule has 2 aliphatic rings. The summed E-state index contributed by atoms with van der Waals surface area (Å²) in [6.07, 6.45) is 7.12. The molecule has 2 saturated carbocycles. The number of aliphatic hydroxyl groups excluding tert-OH is 1. The molecule has 0 aromatic rings. The summed E-state index contributed by atoms with van der Waals surface area (Å²) < 4.78 is 0. The van der Waals surface area contributed by atoms with E-state index in [0.717, 1.165) is 25.2 Å². The lowest BCUT2D eigenvalue weighted by Crippen LogP contribution is -2.54. The minimum absolute atomic E-state index is 0.134. The molecule has 3 heteroatoms. The Hall–Kier alpha value is -0.120. The molecule has 3 nitrogen and oxygen atoms in total. The molecule has 2 rings (SSSR count). The molecular formula is C13H26N2O. The third-order valence-corrected chi connectivity index (χ3v) is 4.69. The maximum atomic E-state index is 9.37. The lowest BCUT2D eigenvalue weighted by atomic mass is 9.79. The molecule has 0 heterocycles. The van der Waals surface area contributed by atoms with Crippen molar-refractivity contribution in [3.05, 3.63) is 0 Å². The van der Waals surface area contributed by atoms with Crippen LogP contribution in [0.5, 0.6) is 0 Å². The Bertz CT molecular complexity index is 242. The first-order valence-electron chi connectivity index (χ1n) is 6.67. The quantitative estimate of drug-likeness (QED) is 0.761. The molecule has 0 radical (unpaired) electrons. The van der Waals surface area contributed by atoms with Gasteiger partial charge in [-0.3, -0.25) is 0 Å². The lowest BCUT2D eigenvalue weighted by molar-refractivity contribution is 0.0710. The van der Waals surface area contributed by atoms with Gasteiger partial charge in [0.15, 0.2) is 0 Å². The molecule has 3 atom stereocenters. The van der Waals surface area contributed by atoms with Crippen LogP contribution >= 0.6 is 0 Å². The van der Waals surface area contributed by atoms with Gasteiger partial charge in [0.1, 0.15) is 0 Å². The number of rotatable bonds is 4. The second kappa shape index (κ2) is 4.63. The van der Waals surface area contributed by atoms with E-state index in [-0.39, 0.29) is 12.1 Å². The summed E-state index contributed by atoms with van der Waals surface area (Å²) in [7, 11) is 2.23. The van der Waals surface area contributed by atoms with Crippen LogP contribution in [0.15, 0.2) is 0 Å². The standard InChI is InChI=1S/C13H26N2O/c1-10(11-5-6-11)15(2)12-4-3-7-13(14,8-12)9-16/h10-12,16H,3-9,14H2,1-2H3. The first kappa shape index (κ1) is 12.3. The molecule has 0 bridgehead atoms. The van der Waals surface area contributed by atoms with Gasteiger partial charge in [0.05, 0.1) is 6.61 Å². The Balaban J connectivity index is 1.92. The molecule has 0 aromatic heterocycles. The Morgan fingerprint density at radius 2 is 2.12 bits per heavy atom. The van der Waals surface area contributed by atoms with Crippen LogP contribution in [-0.2, 0) is 0 Å². The fourth-order valence-corrected chi connectivity index (χ4v) is 3.10. The summed E-state index contributed by atoms with van der Waals surface area (Å²) in [6, 6.07) is 1.26. The molecule has 2 fully saturated rings. The first-order valence-corrected chi connectivity index (χ1v) is 6.67. The van der Waals surface area contributed by atoms with Crippen molar-refractivity contribution in [1.29, 1.82) is 0 Å². The molecule has 0 aromatic carbocycles. The summed E-state index contributed by atoms with van der Waals surface area (Å²) in [6.45, 7) is 2.47. The van der Waals surface area contributed by atoms with Crippen LogP contribution < -0.4 is 5.73 Å². The molecule has 3 N–H and O–H groups in total. The van der Waals surface area contributed by atoms with Gasteiger partial charge in [-0.25, -0.2) is 0 Å². The third kappa shape index (κ3) is 2.58. The van der Waals surface area contributed by atoms with Gasteiger partial charge in [-0.15, -0.1) is 0 Å². The van der Waals surface area contributed by atoms with Gasteiger partial charge in [-0.1, -0.05) is 0 Å². The number of nitrogens with zero attached hydrogens (tertiary/aromatic N) is 1. The molecule has 16 heavy (non-hydrogen) atoms. The summed E-state index contributed by atoms with van der Waals surface area (Å²) in [5.74, 6) is 0.910. The van der Waals surface area contributed by atoms with Gasteiger partial charge in [0, 0.05) is 17.6 Å². The smallest absolute Gasteiger partial charge is 0.0611 e. The van der Waals surface area contributed by atoms with E-state index in [4.69, 9.17) is 5.73 Å². The van der Waals surface area contributed by atoms with Crippen molar-refractivity contribution in [3.8, 4) is 0 Å². The average Bonchev–Trinajstić information content (AvgIpc) is 3.11. The van der Waals surface area contributed by atoms with Gasteiger partial charge >= 0.3 is 0 Å². The number of hydrogen-bond acceptors (Lipinski definition) is 3. The first-order chi connectivity index (χ1) is 7.56. The highest BCUT2D eigenvalue weighted by molar-refractivity contribution is 4.95. The molecule has 3 unspecified atom stereocenters. The minimum Gasteiger partial charge on any atom is -0.394 e. The van der Waals surface area contributed by atoms with E-state index in [9.17, 15) is 5.11 Å². The van der Waals surface area contributed by atoms with Crippen molar-refractivity contribution in [1.82, 2.24) is 4.90 Å². The molecule has 0 amide bonds. The molecule has 0 saturated heterocycles. The van der Waals surface area contributed by atoms with Crippen molar-refractivity contribution >= 4 is 0 Å². The monoisotopic (exact) mass is 226 g/mol. The van der Waals surface area contributed by atoms with Gasteiger partial charge in [0.2, 0.25) is 0 Å². The average molecular weight is 226 g/mol. The van der Waals surface area contributed by atoms with Crippen molar-refractivity contribution < 1.29 is 5.11 Å². The number of aliphatic hydroxyl groups is 1. The van der Waals surface area contributed by atoms with E-state index < -0.39 is 0 Å². The van der Waals surface area contributed by atoms with Gasteiger partial charge in [-0.2, -0.15) is 0 Å². The molecule has 94 valence electrons. The fraction of sp³-hybridized carbons (Fsp3) is 1.00. The Morgan fingerprint density at radius 1 is 1.44 bits per heavy atom. The van der Waals surface area contributed by atoms with Crippen LogP contribution in [0, 0.1) is 5.92 Å². The predicted octanol–water partition coefficient (Wildman–Crippen LogP) is 1.35. The molecule has 2 aliphatic carbocycles. The van der Waals surface area contributed by atoms with E-state index in [1.807, 2.05) is 0 Å². The van der Waals surface area contributed by atoms with Crippen molar-refractivity contribution in [2.45, 2.75) is 63.1 Å². The fourth-order valence-electron chi connectivity index (χ4n) is 3.10. The number of hydrogen-bond donors (Lipinski definition) is 2. The second-order valence-corrected chi connectivity index (χ2v) is 6.01. The Labute approximate surface area is 99.0 Å². The minimum atomic E-state index is -0.319. The zero-order valence-electron chi connectivity index (χ0n) is 10.7. The van der Waals surface area contributed by atoms with Gasteiger partial charge in [-0.05, 0) is 58.4 Å². The van der Waals surface area contributed by atoms with E-state index in [1.165, 1.54) is 19.3 Å². The molecular weight excluding hydrogens is 200 g/mol. The highest BCUT2D eigenvalue weighted by Gasteiger charge is 2.38. The zero-order valence-corrected chi connectivity index (χ0v) is 10.7. The summed E-state index contributed by atoms with van der Waals surface area (Å²) in [5.41, 5.74) is 5.88. The van der Waals surface area contributed by atoms with Gasteiger partial charge in [0.25, 0.3) is 0 Å².